The maximum atomic E-state index is 9.53. The van der Waals surface area contributed by atoms with Gasteiger partial charge in [0.1, 0.15) is 11.6 Å². The third-order valence-corrected chi connectivity index (χ3v) is 2.65. The number of hydrogen-bond donors (Lipinski definition) is 3. The van der Waals surface area contributed by atoms with Crippen molar-refractivity contribution in [1.29, 1.82) is 0 Å². The molecule has 1 aromatic carbocycles. The van der Waals surface area contributed by atoms with E-state index >= 15 is 0 Å². The van der Waals surface area contributed by atoms with Crippen molar-refractivity contribution in [2.45, 2.75) is 13.8 Å². The predicted octanol–water partition coefficient (Wildman–Crippen LogP) is 1.98. The molecule has 15 heavy (non-hydrogen) atoms. The van der Waals surface area contributed by atoms with Crippen LogP contribution in [0.25, 0.3) is 11.3 Å². The van der Waals surface area contributed by atoms with Crippen LogP contribution < -0.4 is 5.73 Å². The minimum atomic E-state index is 0.309. The smallest absolute Gasteiger partial charge is 0.145 e. The molecule has 0 amide bonds. The maximum absolute atomic E-state index is 9.53. The molecule has 0 aliphatic heterocycles. The Morgan fingerprint density at radius 1 is 1.27 bits per heavy atom. The van der Waals surface area contributed by atoms with Crippen LogP contribution in [-0.4, -0.2) is 15.3 Å². The monoisotopic (exact) mass is 203 g/mol. The van der Waals surface area contributed by atoms with Crippen LogP contribution in [0.1, 0.15) is 11.1 Å². The number of aromatic hydroxyl groups is 1. The fourth-order valence-corrected chi connectivity index (χ4v) is 1.57. The van der Waals surface area contributed by atoms with Crippen LogP contribution in [0.2, 0.25) is 0 Å². The van der Waals surface area contributed by atoms with E-state index in [1.54, 1.807) is 12.1 Å². The number of nitrogen functional groups attached to an aromatic ring is 1. The van der Waals surface area contributed by atoms with Gasteiger partial charge in [-0.05, 0) is 37.1 Å². The lowest BCUT2D eigenvalue weighted by Crippen LogP contribution is -1.88. The van der Waals surface area contributed by atoms with Gasteiger partial charge in [-0.3, -0.25) is 5.10 Å². The zero-order chi connectivity index (χ0) is 11.0. The summed E-state index contributed by atoms with van der Waals surface area (Å²) in [5.41, 5.74) is 9.32. The van der Waals surface area contributed by atoms with Gasteiger partial charge in [0.2, 0.25) is 0 Å². The highest BCUT2D eigenvalue weighted by atomic mass is 16.3. The Balaban J connectivity index is 2.59. The van der Waals surface area contributed by atoms with Gasteiger partial charge in [0.15, 0.2) is 0 Å². The van der Waals surface area contributed by atoms with Gasteiger partial charge in [-0.1, -0.05) is 0 Å². The van der Waals surface area contributed by atoms with Crippen molar-refractivity contribution in [3.8, 4) is 17.0 Å². The van der Waals surface area contributed by atoms with E-state index in [0.29, 0.717) is 11.6 Å². The molecule has 0 aliphatic rings. The maximum Gasteiger partial charge on any atom is 0.145 e. The zero-order valence-electron chi connectivity index (χ0n) is 8.70. The normalized spacial score (nSPS) is 10.5. The second kappa shape index (κ2) is 3.31. The quantitative estimate of drug-likeness (QED) is 0.663. The molecule has 4 N–H and O–H groups in total. The summed E-state index contributed by atoms with van der Waals surface area (Å²) >= 11 is 0. The third kappa shape index (κ3) is 1.54. The Labute approximate surface area is 87.7 Å². The lowest BCUT2D eigenvalue weighted by molar-refractivity contribution is 0.470. The van der Waals surface area contributed by atoms with Gasteiger partial charge in [-0.25, -0.2) is 0 Å². The Hall–Kier alpha value is -1.97. The summed E-state index contributed by atoms with van der Waals surface area (Å²) in [7, 11) is 0. The second-order valence-corrected chi connectivity index (χ2v) is 3.59. The highest BCUT2D eigenvalue weighted by Crippen LogP contribution is 2.29. The minimum Gasteiger partial charge on any atom is -0.508 e. The van der Waals surface area contributed by atoms with E-state index in [1.165, 1.54) is 0 Å². The fourth-order valence-electron chi connectivity index (χ4n) is 1.57. The highest BCUT2D eigenvalue weighted by Gasteiger charge is 2.08. The molecule has 0 atom stereocenters. The van der Waals surface area contributed by atoms with Crippen LogP contribution in [0.4, 0.5) is 5.82 Å². The SMILES string of the molecule is Cc1c(O)ccc(-c2cc(N)n[nH]2)c1C. The van der Waals surface area contributed by atoms with Crippen LogP contribution in [0.15, 0.2) is 18.2 Å². The zero-order valence-corrected chi connectivity index (χ0v) is 8.70. The molecule has 4 heteroatoms. The molecule has 0 saturated carbocycles. The molecule has 2 aromatic rings. The van der Waals surface area contributed by atoms with Crippen LogP contribution in [0.3, 0.4) is 0 Å². The highest BCUT2D eigenvalue weighted by molar-refractivity contribution is 5.68. The number of anilines is 1. The average Bonchev–Trinajstić information content (AvgIpc) is 2.61. The van der Waals surface area contributed by atoms with E-state index < -0.39 is 0 Å². The van der Waals surface area contributed by atoms with Gasteiger partial charge in [0, 0.05) is 11.6 Å². The number of rotatable bonds is 1. The third-order valence-electron chi connectivity index (χ3n) is 2.65. The molecule has 4 nitrogen and oxygen atoms in total. The largest absolute Gasteiger partial charge is 0.508 e. The summed E-state index contributed by atoms with van der Waals surface area (Å²) in [6, 6.07) is 5.30. The van der Waals surface area contributed by atoms with Crippen molar-refractivity contribution in [1.82, 2.24) is 10.2 Å². The summed E-state index contributed by atoms with van der Waals surface area (Å²) in [5.74, 6) is 0.777. The van der Waals surface area contributed by atoms with Crippen LogP contribution >= 0.6 is 0 Å². The number of phenols is 1. The van der Waals surface area contributed by atoms with Crippen molar-refractivity contribution < 1.29 is 5.11 Å². The summed E-state index contributed by atoms with van der Waals surface area (Å²) in [4.78, 5) is 0. The van der Waals surface area contributed by atoms with Gasteiger partial charge >= 0.3 is 0 Å². The van der Waals surface area contributed by atoms with Crippen molar-refractivity contribution in [2.24, 2.45) is 0 Å². The summed E-state index contributed by atoms with van der Waals surface area (Å²) in [6.45, 7) is 3.84. The summed E-state index contributed by atoms with van der Waals surface area (Å²) in [6.07, 6.45) is 0. The molecule has 1 heterocycles. The van der Waals surface area contributed by atoms with Gasteiger partial charge in [0.25, 0.3) is 0 Å². The molecule has 0 radical (unpaired) electrons. The van der Waals surface area contributed by atoms with Crippen LogP contribution in [0, 0.1) is 13.8 Å². The Bertz CT molecular complexity index is 503. The second-order valence-electron chi connectivity index (χ2n) is 3.59. The number of benzene rings is 1. The molecule has 1 aromatic heterocycles. The van der Waals surface area contributed by atoms with Crippen LogP contribution in [-0.2, 0) is 0 Å². The minimum absolute atomic E-state index is 0.309. The number of hydrogen-bond acceptors (Lipinski definition) is 3. The molecule has 0 aliphatic carbocycles. The van der Waals surface area contributed by atoms with Crippen molar-refractivity contribution in [3.63, 3.8) is 0 Å². The van der Waals surface area contributed by atoms with E-state index in [-0.39, 0.29) is 0 Å². The van der Waals surface area contributed by atoms with Gasteiger partial charge in [0.05, 0.1) is 5.69 Å². The van der Waals surface area contributed by atoms with E-state index in [1.807, 2.05) is 19.9 Å². The molecule has 0 spiro atoms. The fraction of sp³-hybridized carbons (Fsp3) is 0.182. The van der Waals surface area contributed by atoms with Gasteiger partial charge in [-0.15, -0.1) is 0 Å². The number of nitrogens with one attached hydrogen (secondary N) is 1. The molecular weight excluding hydrogens is 190 g/mol. The van der Waals surface area contributed by atoms with Crippen molar-refractivity contribution >= 4 is 5.82 Å². The first-order valence-electron chi connectivity index (χ1n) is 4.70. The number of aromatic amines is 1. The van der Waals surface area contributed by atoms with Crippen LogP contribution in [0.5, 0.6) is 5.75 Å². The first-order valence-corrected chi connectivity index (χ1v) is 4.70. The molecule has 78 valence electrons. The molecule has 0 fully saturated rings. The Morgan fingerprint density at radius 3 is 2.60 bits per heavy atom. The number of aromatic nitrogens is 2. The Kier molecular flexibility index (Phi) is 2.11. The van der Waals surface area contributed by atoms with Crippen molar-refractivity contribution in [3.05, 3.63) is 29.3 Å². The van der Waals surface area contributed by atoms with E-state index in [4.69, 9.17) is 5.73 Å². The first kappa shape index (κ1) is 9.58. The van der Waals surface area contributed by atoms with Gasteiger partial charge in [-0.2, -0.15) is 5.10 Å². The van der Waals surface area contributed by atoms with E-state index in [9.17, 15) is 5.11 Å². The lowest BCUT2D eigenvalue weighted by atomic mass is 10.0. The molecule has 0 saturated heterocycles. The molecule has 0 unspecified atom stereocenters. The topological polar surface area (TPSA) is 74.9 Å². The summed E-state index contributed by atoms with van der Waals surface area (Å²) < 4.78 is 0. The van der Waals surface area contributed by atoms with Gasteiger partial charge < -0.3 is 10.8 Å². The molecule has 0 bridgehead atoms. The standard InChI is InChI=1S/C11H13N3O/c1-6-7(2)10(15)4-3-8(6)9-5-11(12)14-13-9/h3-5,15H,1-2H3,(H3,12,13,14). The Morgan fingerprint density at radius 2 is 2.00 bits per heavy atom. The first-order chi connectivity index (χ1) is 7.09. The van der Waals surface area contributed by atoms with E-state index in [0.717, 1.165) is 22.4 Å². The van der Waals surface area contributed by atoms with Crippen molar-refractivity contribution in [2.75, 3.05) is 5.73 Å². The number of phenolic OH excluding ortho intramolecular Hbond substituents is 1. The number of nitrogens with zero attached hydrogens (tertiary/aromatic N) is 1. The molecule has 2 rings (SSSR count). The lowest BCUT2D eigenvalue weighted by Gasteiger charge is -2.08. The molecular formula is C11H13N3O. The summed E-state index contributed by atoms with van der Waals surface area (Å²) in [5, 5.41) is 16.3. The number of H-pyrrole nitrogens is 1. The number of nitrogens with two attached hydrogens (primary N) is 1. The van der Waals surface area contributed by atoms with E-state index in [2.05, 4.69) is 10.2 Å². The average molecular weight is 203 g/mol. The predicted molar refractivity (Wildman–Crippen MR) is 59.6 cm³/mol.